The Kier molecular flexibility index (Phi) is 8.03. The molecule has 2 fully saturated rings. The SMILES string of the molecule is N=C(N)c1c(S(N)(=O)=O)cc(C(CO)(C(=O)C(N)(C=O)N2CCCCC2)N2CCCCC2)c2ccccc12. The molecule has 2 aromatic rings. The van der Waals surface area contributed by atoms with Gasteiger partial charge in [0.15, 0.2) is 11.9 Å². The third-order valence-corrected chi connectivity index (χ3v) is 8.89. The number of hydrogen-bond donors (Lipinski definition) is 5. The molecule has 0 spiro atoms. The maximum Gasteiger partial charge on any atom is 0.238 e. The van der Waals surface area contributed by atoms with Gasteiger partial charge in [0.05, 0.1) is 11.5 Å². The van der Waals surface area contributed by atoms with E-state index in [1.54, 1.807) is 34.1 Å². The lowest BCUT2D eigenvalue weighted by Crippen LogP contribution is -2.72. The highest BCUT2D eigenvalue weighted by atomic mass is 32.2. The lowest BCUT2D eigenvalue weighted by atomic mass is 9.75. The van der Waals surface area contributed by atoms with Gasteiger partial charge < -0.3 is 16.6 Å². The van der Waals surface area contributed by atoms with Gasteiger partial charge in [-0.05, 0) is 61.2 Å². The van der Waals surface area contributed by atoms with Crippen LogP contribution in [0.4, 0.5) is 0 Å². The summed E-state index contributed by atoms with van der Waals surface area (Å²) in [5.74, 6) is -1.24. The molecule has 0 radical (unpaired) electrons. The summed E-state index contributed by atoms with van der Waals surface area (Å²) < 4.78 is 25.6. The highest BCUT2D eigenvalue weighted by molar-refractivity contribution is 7.89. The minimum atomic E-state index is -4.42. The molecule has 12 heteroatoms. The molecule has 0 aliphatic carbocycles. The number of aliphatic hydroxyl groups is 1. The second-order valence-corrected chi connectivity index (χ2v) is 11.7. The van der Waals surface area contributed by atoms with E-state index in [4.69, 9.17) is 22.0 Å². The zero-order valence-electron chi connectivity index (χ0n) is 21.4. The standard InChI is InChI=1S/C26H36N6O5S/c27-23(28)22-19-10-4-3-9-18(19)20(15-21(22)38(30,36)37)25(16-33,31-11-5-1-6-12-31)24(35)26(29,17-34)32-13-7-2-8-14-32/h3-4,9-10,15,17,33H,1-2,5-8,11-14,16,29H2,(H3,27,28)(H2,30,36,37). The van der Waals surface area contributed by atoms with E-state index in [0.29, 0.717) is 37.9 Å². The number of amidine groups is 1. The summed E-state index contributed by atoms with van der Waals surface area (Å²) >= 11 is 0. The van der Waals surface area contributed by atoms with E-state index < -0.39 is 44.3 Å². The summed E-state index contributed by atoms with van der Waals surface area (Å²) in [5.41, 5.74) is 8.62. The monoisotopic (exact) mass is 544 g/mol. The van der Waals surface area contributed by atoms with Crippen molar-refractivity contribution in [3.05, 3.63) is 41.5 Å². The number of benzene rings is 2. The van der Waals surface area contributed by atoms with Gasteiger partial charge in [0.2, 0.25) is 15.8 Å². The Morgan fingerprint density at radius 2 is 1.53 bits per heavy atom. The highest BCUT2D eigenvalue weighted by Crippen LogP contribution is 2.42. The summed E-state index contributed by atoms with van der Waals surface area (Å²) in [6, 6.07) is 7.84. The molecule has 0 bridgehead atoms. The fraction of sp³-hybridized carbons (Fsp3) is 0.500. The molecule has 2 unspecified atom stereocenters. The molecule has 0 aromatic heterocycles. The largest absolute Gasteiger partial charge is 0.394 e. The molecule has 8 N–H and O–H groups in total. The number of ketones is 1. The Bertz CT molecular complexity index is 1350. The minimum Gasteiger partial charge on any atom is -0.394 e. The molecule has 38 heavy (non-hydrogen) atoms. The molecule has 4 rings (SSSR count). The number of Topliss-reactive ketones (excluding diaryl/α,β-unsaturated/α-hetero) is 1. The highest BCUT2D eigenvalue weighted by Gasteiger charge is 2.56. The first kappa shape index (κ1) is 28.3. The summed E-state index contributed by atoms with van der Waals surface area (Å²) in [7, 11) is -4.42. The lowest BCUT2D eigenvalue weighted by molar-refractivity contribution is -0.153. The number of sulfonamides is 1. The lowest BCUT2D eigenvalue weighted by Gasteiger charge is -2.49. The molecule has 0 amide bonds. The van der Waals surface area contributed by atoms with Crippen LogP contribution in [0.2, 0.25) is 0 Å². The quantitative estimate of drug-likeness (QED) is 0.128. The Balaban J connectivity index is 2.10. The summed E-state index contributed by atoms with van der Waals surface area (Å²) in [6.07, 6.45) is 5.31. The van der Waals surface area contributed by atoms with Crippen molar-refractivity contribution in [2.75, 3.05) is 32.8 Å². The number of hydrogen-bond acceptors (Lipinski definition) is 9. The van der Waals surface area contributed by atoms with Gasteiger partial charge in [0.25, 0.3) is 0 Å². The number of nitrogens with one attached hydrogen (secondary N) is 1. The van der Waals surface area contributed by atoms with E-state index in [1.807, 2.05) is 0 Å². The van der Waals surface area contributed by atoms with Gasteiger partial charge in [0, 0.05) is 18.7 Å². The molecular weight excluding hydrogens is 508 g/mol. The van der Waals surface area contributed by atoms with Crippen molar-refractivity contribution < 1.29 is 23.1 Å². The molecule has 2 saturated heterocycles. The number of carbonyl (C=O) groups is 2. The number of aldehydes is 1. The second kappa shape index (κ2) is 10.8. The van der Waals surface area contributed by atoms with Crippen LogP contribution in [0, 0.1) is 5.41 Å². The summed E-state index contributed by atoms with van der Waals surface area (Å²) in [6.45, 7) is 0.979. The van der Waals surface area contributed by atoms with Crippen molar-refractivity contribution in [1.82, 2.24) is 9.80 Å². The molecule has 2 aliphatic heterocycles. The first-order valence-electron chi connectivity index (χ1n) is 12.9. The fourth-order valence-corrected chi connectivity index (χ4v) is 6.82. The van der Waals surface area contributed by atoms with E-state index in [-0.39, 0.29) is 16.5 Å². The zero-order chi connectivity index (χ0) is 27.7. The second-order valence-electron chi connectivity index (χ2n) is 10.2. The average molecular weight is 545 g/mol. The van der Waals surface area contributed by atoms with Gasteiger partial charge in [-0.1, -0.05) is 37.1 Å². The maximum atomic E-state index is 14.7. The van der Waals surface area contributed by atoms with Crippen molar-refractivity contribution >= 4 is 38.7 Å². The Hall–Kier alpha value is -2.74. The van der Waals surface area contributed by atoms with Crippen LogP contribution in [-0.2, 0) is 25.2 Å². The average Bonchev–Trinajstić information content (AvgIpc) is 2.93. The Morgan fingerprint density at radius 3 is 2.00 bits per heavy atom. The Morgan fingerprint density at radius 1 is 1.00 bits per heavy atom. The summed E-state index contributed by atoms with van der Waals surface area (Å²) in [5, 5.41) is 25.5. The van der Waals surface area contributed by atoms with Crippen LogP contribution in [0.25, 0.3) is 10.8 Å². The number of nitrogen functional groups attached to an aromatic ring is 1. The van der Waals surface area contributed by atoms with Gasteiger partial charge in [0.1, 0.15) is 11.4 Å². The van der Waals surface area contributed by atoms with Gasteiger partial charge in [-0.25, -0.2) is 13.6 Å². The molecular formula is C26H36N6O5S. The van der Waals surface area contributed by atoms with Crippen molar-refractivity contribution in [1.29, 1.82) is 5.41 Å². The predicted octanol–water partition coefficient (Wildman–Crippen LogP) is 0.354. The van der Waals surface area contributed by atoms with Crippen LogP contribution in [-0.4, -0.2) is 79.7 Å². The number of aliphatic hydroxyl groups excluding tert-OH is 1. The number of nitrogens with two attached hydrogens (primary N) is 3. The number of carbonyl (C=O) groups excluding carboxylic acids is 2. The maximum absolute atomic E-state index is 14.7. The zero-order valence-corrected chi connectivity index (χ0v) is 22.2. The van der Waals surface area contributed by atoms with E-state index in [0.717, 1.165) is 38.5 Å². The number of nitrogens with zero attached hydrogens (tertiary/aromatic N) is 2. The van der Waals surface area contributed by atoms with Crippen molar-refractivity contribution in [2.45, 2.75) is 54.6 Å². The predicted molar refractivity (Wildman–Crippen MR) is 144 cm³/mol. The van der Waals surface area contributed by atoms with E-state index in [2.05, 4.69) is 0 Å². The third-order valence-electron chi connectivity index (χ3n) is 7.95. The fourth-order valence-electron chi connectivity index (χ4n) is 6.03. The number of primary sulfonamides is 1. The minimum absolute atomic E-state index is 0.0878. The summed E-state index contributed by atoms with van der Waals surface area (Å²) in [4.78, 5) is 30.4. The molecule has 0 saturated carbocycles. The van der Waals surface area contributed by atoms with Gasteiger partial charge >= 0.3 is 0 Å². The van der Waals surface area contributed by atoms with Gasteiger partial charge in [-0.2, -0.15) is 0 Å². The van der Waals surface area contributed by atoms with Crippen molar-refractivity contribution in [2.24, 2.45) is 16.6 Å². The molecule has 2 aliphatic rings. The van der Waals surface area contributed by atoms with E-state index in [1.165, 1.54) is 6.07 Å². The molecule has 2 heterocycles. The van der Waals surface area contributed by atoms with Crippen molar-refractivity contribution in [3.8, 4) is 0 Å². The normalized spacial score (nSPS) is 20.9. The molecule has 2 atom stereocenters. The van der Waals surface area contributed by atoms with Crippen LogP contribution in [0.1, 0.15) is 49.7 Å². The van der Waals surface area contributed by atoms with Crippen molar-refractivity contribution in [3.63, 3.8) is 0 Å². The van der Waals surface area contributed by atoms with E-state index in [9.17, 15) is 23.1 Å². The molecule has 2 aromatic carbocycles. The molecule has 206 valence electrons. The third kappa shape index (κ3) is 4.65. The van der Waals surface area contributed by atoms with Gasteiger partial charge in [-0.15, -0.1) is 0 Å². The first-order valence-corrected chi connectivity index (χ1v) is 14.4. The van der Waals surface area contributed by atoms with Crippen LogP contribution < -0.4 is 16.6 Å². The molecule has 11 nitrogen and oxygen atoms in total. The topological polar surface area (TPSA) is 197 Å². The smallest absolute Gasteiger partial charge is 0.238 e. The number of piperidine rings is 2. The van der Waals surface area contributed by atoms with Crippen LogP contribution in [0.5, 0.6) is 0 Å². The number of likely N-dealkylation sites (tertiary alicyclic amines) is 2. The number of rotatable bonds is 9. The Labute approximate surface area is 222 Å². The first-order chi connectivity index (χ1) is 18.0. The number of fused-ring (bicyclic) bond motifs is 1. The van der Waals surface area contributed by atoms with Gasteiger partial charge in [-0.3, -0.25) is 24.8 Å². The van der Waals surface area contributed by atoms with E-state index >= 15 is 0 Å². The van der Waals surface area contributed by atoms with Crippen LogP contribution in [0.3, 0.4) is 0 Å². The van der Waals surface area contributed by atoms with Crippen LogP contribution >= 0.6 is 0 Å². The van der Waals surface area contributed by atoms with Crippen LogP contribution in [0.15, 0.2) is 35.2 Å².